The first-order chi connectivity index (χ1) is 8.48. The first kappa shape index (κ1) is 12.6. The number of hydrogen-bond donors (Lipinski definition) is 2. The summed E-state index contributed by atoms with van der Waals surface area (Å²) < 4.78 is 5.13. The Morgan fingerprint density at radius 1 is 1.28 bits per heavy atom. The number of imidazole rings is 1. The lowest BCUT2D eigenvalue weighted by molar-refractivity contribution is 0.415. The van der Waals surface area contributed by atoms with Crippen LogP contribution in [-0.2, 0) is 6.42 Å². The van der Waals surface area contributed by atoms with Crippen molar-refractivity contribution in [3.63, 3.8) is 0 Å². The molecule has 96 valence electrons. The molecule has 4 heteroatoms. The van der Waals surface area contributed by atoms with Gasteiger partial charge in [0.25, 0.3) is 0 Å². The first-order valence-electron chi connectivity index (χ1n) is 5.95. The van der Waals surface area contributed by atoms with Crippen LogP contribution >= 0.6 is 0 Å². The quantitative estimate of drug-likeness (QED) is 0.869. The van der Waals surface area contributed by atoms with Gasteiger partial charge >= 0.3 is 0 Å². The summed E-state index contributed by atoms with van der Waals surface area (Å²) in [5, 5.41) is 0. The maximum absolute atomic E-state index is 5.98. The van der Waals surface area contributed by atoms with Gasteiger partial charge in [-0.05, 0) is 43.7 Å². The molecule has 18 heavy (non-hydrogen) atoms. The summed E-state index contributed by atoms with van der Waals surface area (Å²) in [6.07, 6.45) is 2.56. The fraction of sp³-hybridized carbons (Fsp3) is 0.357. The largest absolute Gasteiger partial charge is 0.497 e. The zero-order chi connectivity index (χ0) is 13.2. The van der Waals surface area contributed by atoms with Crippen molar-refractivity contribution in [3.8, 4) is 17.0 Å². The van der Waals surface area contributed by atoms with Crippen LogP contribution in [0.15, 0.2) is 30.5 Å². The van der Waals surface area contributed by atoms with Crippen LogP contribution in [-0.4, -0.2) is 22.6 Å². The van der Waals surface area contributed by atoms with Gasteiger partial charge in [0.2, 0.25) is 0 Å². The number of benzene rings is 1. The van der Waals surface area contributed by atoms with Gasteiger partial charge in [0.1, 0.15) is 11.6 Å². The summed E-state index contributed by atoms with van der Waals surface area (Å²) in [4.78, 5) is 7.65. The molecule has 0 spiro atoms. The van der Waals surface area contributed by atoms with E-state index < -0.39 is 0 Å². The summed E-state index contributed by atoms with van der Waals surface area (Å²) >= 11 is 0. The molecule has 4 nitrogen and oxygen atoms in total. The predicted molar refractivity (Wildman–Crippen MR) is 72.5 cm³/mol. The lowest BCUT2D eigenvalue weighted by Crippen LogP contribution is -2.34. The molecule has 1 aromatic carbocycles. The third-order valence-electron chi connectivity index (χ3n) is 2.65. The van der Waals surface area contributed by atoms with E-state index in [1.165, 1.54) is 0 Å². The third-order valence-corrected chi connectivity index (χ3v) is 2.65. The standard InChI is InChI=1S/C14H19N3O/c1-14(2,15)8-13-16-9-12(17-13)10-4-6-11(18-3)7-5-10/h4-7,9H,8,15H2,1-3H3,(H,16,17). The Kier molecular flexibility index (Phi) is 3.39. The zero-order valence-electron chi connectivity index (χ0n) is 11.0. The Hall–Kier alpha value is -1.81. The molecule has 2 rings (SSSR count). The molecule has 0 aliphatic rings. The summed E-state index contributed by atoms with van der Waals surface area (Å²) in [6.45, 7) is 3.98. The van der Waals surface area contributed by atoms with E-state index in [1.807, 2.05) is 44.3 Å². The number of ether oxygens (including phenoxy) is 1. The van der Waals surface area contributed by atoms with Crippen LogP contribution in [0.3, 0.4) is 0 Å². The van der Waals surface area contributed by atoms with Crippen LogP contribution in [0.5, 0.6) is 5.75 Å². The second kappa shape index (κ2) is 4.82. The summed E-state index contributed by atoms with van der Waals surface area (Å²) in [7, 11) is 1.66. The highest BCUT2D eigenvalue weighted by atomic mass is 16.5. The van der Waals surface area contributed by atoms with Crippen LogP contribution in [0.25, 0.3) is 11.3 Å². The van der Waals surface area contributed by atoms with Gasteiger partial charge in [0.05, 0.1) is 19.0 Å². The molecular weight excluding hydrogens is 226 g/mol. The lowest BCUT2D eigenvalue weighted by atomic mass is 10.0. The van der Waals surface area contributed by atoms with Crippen LogP contribution in [0.2, 0.25) is 0 Å². The average molecular weight is 245 g/mol. The van der Waals surface area contributed by atoms with Crippen LogP contribution in [0.1, 0.15) is 19.7 Å². The molecule has 3 N–H and O–H groups in total. The fourth-order valence-electron chi connectivity index (χ4n) is 1.80. The molecule has 0 aliphatic heterocycles. The topological polar surface area (TPSA) is 63.9 Å². The number of methoxy groups -OCH3 is 1. The maximum atomic E-state index is 5.98. The molecule has 0 saturated heterocycles. The van der Waals surface area contributed by atoms with Crippen LogP contribution in [0, 0.1) is 0 Å². The minimum absolute atomic E-state index is 0.255. The van der Waals surface area contributed by atoms with Gasteiger partial charge < -0.3 is 15.5 Å². The molecule has 0 saturated carbocycles. The second-order valence-electron chi connectivity index (χ2n) is 5.14. The van der Waals surface area contributed by atoms with Crippen LogP contribution < -0.4 is 10.5 Å². The van der Waals surface area contributed by atoms with Crippen molar-refractivity contribution >= 4 is 0 Å². The molecule has 1 heterocycles. The van der Waals surface area contributed by atoms with Crippen molar-refractivity contribution in [1.29, 1.82) is 0 Å². The number of aromatic nitrogens is 2. The molecule has 0 aliphatic carbocycles. The van der Waals surface area contributed by atoms with Crippen molar-refractivity contribution in [2.75, 3.05) is 7.11 Å². The summed E-state index contributed by atoms with van der Waals surface area (Å²) in [6, 6.07) is 7.87. The molecule has 1 aromatic heterocycles. The van der Waals surface area contributed by atoms with Gasteiger partial charge in [-0.3, -0.25) is 0 Å². The zero-order valence-corrected chi connectivity index (χ0v) is 11.0. The molecule has 0 unspecified atom stereocenters. The van der Waals surface area contributed by atoms with Crippen molar-refractivity contribution in [2.24, 2.45) is 5.73 Å². The number of nitrogens with two attached hydrogens (primary N) is 1. The highest BCUT2D eigenvalue weighted by molar-refractivity contribution is 5.59. The number of aromatic amines is 1. The van der Waals surface area contributed by atoms with E-state index in [-0.39, 0.29) is 5.54 Å². The van der Waals surface area contributed by atoms with Gasteiger partial charge in [-0.15, -0.1) is 0 Å². The van der Waals surface area contributed by atoms with E-state index in [0.29, 0.717) is 0 Å². The van der Waals surface area contributed by atoms with Crippen molar-refractivity contribution in [2.45, 2.75) is 25.8 Å². The Labute approximate surface area is 107 Å². The van der Waals surface area contributed by atoms with Gasteiger partial charge in [-0.1, -0.05) is 0 Å². The van der Waals surface area contributed by atoms with Gasteiger partial charge in [0.15, 0.2) is 0 Å². The molecule has 2 aromatic rings. The van der Waals surface area contributed by atoms with E-state index in [4.69, 9.17) is 10.5 Å². The van der Waals surface area contributed by atoms with Crippen molar-refractivity contribution in [3.05, 3.63) is 36.3 Å². The van der Waals surface area contributed by atoms with E-state index in [0.717, 1.165) is 29.3 Å². The number of hydrogen-bond acceptors (Lipinski definition) is 3. The van der Waals surface area contributed by atoms with Gasteiger partial charge in [-0.2, -0.15) is 0 Å². The highest BCUT2D eigenvalue weighted by Gasteiger charge is 2.14. The van der Waals surface area contributed by atoms with Crippen molar-refractivity contribution < 1.29 is 4.74 Å². The minimum Gasteiger partial charge on any atom is -0.497 e. The SMILES string of the molecule is COc1ccc(-c2cnc(CC(C)(C)N)[nH]2)cc1. The molecule has 0 radical (unpaired) electrons. The third kappa shape index (κ3) is 3.11. The van der Waals surface area contributed by atoms with E-state index >= 15 is 0 Å². The van der Waals surface area contributed by atoms with Crippen LogP contribution in [0.4, 0.5) is 0 Å². The first-order valence-corrected chi connectivity index (χ1v) is 5.95. The number of H-pyrrole nitrogens is 1. The van der Waals surface area contributed by atoms with Crippen molar-refractivity contribution in [1.82, 2.24) is 9.97 Å². The number of nitrogens with one attached hydrogen (secondary N) is 1. The number of nitrogens with zero attached hydrogens (tertiary/aromatic N) is 1. The molecule has 0 amide bonds. The summed E-state index contributed by atoms with van der Waals surface area (Å²) in [5.41, 5.74) is 7.81. The molecule has 0 bridgehead atoms. The Morgan fingerprint density at radius 3 is 2.50 bits per heavy atom. The Morgan fingerprint density at radius 2 is 1.94 bits per heavy atom. The average Bonchev–Trinajstić information content (AvgIpc) is 2.75. The normalized spacial score (nSPS) is 11.6. The fourth-order valence-corrected chi connectivity index (χ4v) is 1.80. The van der Waals surface area contributed by atoms with Gasteiger partial charge in [-0.25, -0.2) is 4.98 Å². The molecule has 0 fully saturated rings. The van der Waals surface area contributed by atoms with E-state index in [9.17, 15) is 0 Å². The van der Waals surface area contributed by atoms with Gasteiger partial charge in [0, 0.05) is 12.0 Å². The monoisotopic (exact) mass is 245 g/mol. The second-order valence-corrected chi connectivity index (χ2v) is 5.14. The Bertz CT molecular complexity index is 509. The predicted octanol–water partition coefficient (Wildman–Crippen LogP) is 2.37. The molecule has 0 atom stereocenters. The molecular formula is C14H19N3O. The smallest absolute Gasteiger partial charge is 0.118 e. The maximum Gasteiger partial charge on any atom is 0.118 e. The van der Waals surface area contributed by atoms with E-state index in [2.05, 4.69) is 9.97 Å². The minimum atomic E-state index is -0.255. The van der Waals surface area contributed by atoms with E-state index in [1.54, 1.807) is 7.11 Å². The summed E-state index contributed by atoms with van der Waals surface area (Å²) in [5.74, 6) is 1.76. The number of rotatable bonds is 4. The lowest BCUT2D eigenvalue weighted by Gasteiger charge is -2.15. The highest BCUT2D eigenvalue weighted by Crippen LogP contribution is 2.21. The Balaban J connectivity index is 2.18.